The van der Waals surface area contributed by atoms with Gasteiger partial charge in [0.1, 0.15) is 13.1 Å². The minimum atomic E-state index is -1.35. The van der Waals surface area contributed by atoms with E-state index in [1.54, 1.807) is 13.8 Å². The molecule has 1 heterocycles. The molecule has 1 unspecified atom stereocenters. The van der Waals surface area contributed by atoms with E-state index in [4.69, 9.17) is 9.57 Å². The Morgan fingerprint density at radius 2 is 1.72 bits per heavy atom. The molecule has 1 saturated carbocycles. The van der Waals surface area contributed by atoms with Gasteiger partial charge in [0.05, 0.1) is 6.61 Å². The Kier molecular flexibility index (Phi) is 8.67. The maximum Gasteiger partial charge on any atom is 0.399 e. The van der Waals surface area contributed by atoms with Gasteiger partial charge in [0, 0.05) is 19.8 Å². The van der Waals surface area contributed by atoms with Crippen molar-refractivity contribution in [3.8, 4) is 0 Å². The predicted molar refractivity (Wildman–Crippen MR) is 104 cm³/mol. The number of halogens is 1. The molecule has 2 fully saturated rings. The summed E-state index contributed by atoms with van der Waals surface area (Å²) in [5.41, 5.74) is 1.66. The molecule has 1 aromatic rings. The van der Waals surface area contributed by atoms with E-state index in [0.29, 0.717) is 24.6 Å². The zero-order valence-electron chi connectivity index (χ0n) is 17.3. The normalized spacial score (nSPS) is 20.5. The fraction of sp³-hybridized carbons (Fsp3) is 0.636. The predicted octanol–water partition coefficient (Wildman–Crippen LogP) is 0.402. The van der Waals surface area contributed by atoms with E-state index in [2.05, 4.69) is 0 Å². The van der Waals surface area contributed by atoms with E-state index < -0.39 is 18.1 Å². The van der Waals surface area contributed by atoms with Crippen LogP contribution in [0.5, 0.6) is 0 Å². The number of ether oxygens (including phenoxy) is 1. The third-order valence-corrected chi connectivity index (χ3v) is 6.24. The summed E-state index contributed by atoms with van der Waals surface area (Å²) in [7, 11) is 0. The number of rotatable bonds is 7. The molecular weight excluding hydrogens is 438 g/mol. The van der Waals surface area contributed by atoms with E-state index in [-0.39, 0.29) is 34.2 Å². The summed E-state index contributed by atoms with van der Waals surface area (Å²) in [6, 6.07) is 6.99. The van der Waals surface area contributed by atoms with Crippen LogP contribution in [0.25, 0.3) is 0 Å². The van der Waals surface area contributed by atoms with Crippen LogP contribution in [0.4, 0.5) is 0 Å². The molecule has 0 aromatic heterocycles. The Labute approximate surface area is 183 Å². The van der Waals surface area contributed by atoms with E-state index in [1.165, 1.54) is 12.8 Å². The van der Waals surface area contributed by atoms with Crippen molar-refractivity contribution in [1.82, 2.24) is 0 Å². The number of carbonyl (C=O) groups is 2. The lowest BCUT2D eigenvalue weighted by Crippen LogP contribution is -3.00. The number of hydroxylamine groups is 3. The minimum absolute atomic E-state index is 0. The molecule has 162 valence electrons. The van der Waals surface area contributed by atoms with E-state index in [1.807, 2.05) is 24.3 Å². The van der Waals surface area contributed by atoms with Gasteiger partial charge in [-0.2, -0.15) is 0 Å². The molecule has 0 amide bonds. The Morgan fingerprint density at radius 3 is 2.34 bits per heavy atom. The second-order valence-electron chi connectivity index (χ2n) is 7.96. The molecule has 6 nitrogen and oxygen atoms in total. The van der Waals surface area contributed by atoms with E-state index in [9.17, 15) is 14.7 Å². The molecule has 1 saturated heterocycles. The fourth-order valence-corrected chi connectivity index (χ4v) is 4.61. The molecule has 2 atom stereocenters. The van der Waals surface area contributed by atoms with Gasteiger partial charge in [-0.3, -0.25) is 4.84 Å². The quantitative estimate of drug-likeness (QED) is 0.462. The number of benzene rings is 1. The first kappa shape index (κ1) is 23.8. The van der Waals surface area contributed by atoms with Gasteiger partial charge in [-0.05, 0) is 36.8 Å². The van der Waals surface area contributed by atoms with Crippen LogP contribution in [-0.2, 0) is 19.2 Å². The average molecular weight is 470 g/mol. The molecule has 1 aliphatic carbocycles. The second kappa shape index (κ2) is 10.5. The smallest absolute Gasteiger partial charge is 0.399 e. The van der Waals surface area contributed by atoms with Crippen molar-refractivity contribution in [2.75, 3.05) is 19.7 Å². The zero-order valence-corrected chi connectivity index (χ0v) is 18.9. The highest BCUT2D eigenvalue weighted by molar-refractivity contribution is 5.77. The third kappa shape index (κ3) is 5.19. The van der Waals surface area contributed by atoms with Crippen molar-refractivity contribution in [3.05, 3.63) is 35.4 Å². The van der Waals surface area contributed by atoms with Crippen molar-refractivity contribution in [2.24, 2.45) is 0 Å². The first-order chi connectivity index (χ1) is 13.5. The average Bonchev–Trinajstić information content (AvgIpc) is 3.40. The number of carbonyl (C=O) groups excluding carboxylic acids is 2. The van der Waals surface area contributed by atoms with Crippen LogP contribution in [0, 0.1) is 0 Å². The molecule has 0 spiro atoms. The van der Waals surface area contributed by atoms with Crippen LogP contribution in [0.15, 0.2) is 24.3 Å². The number of hydrogen-bond donors (Lipinski definition) is 1. The highest BCUT2D eigenvalue weighted by Gasteiger charge is 2.48. The summed E-state index contributed by atoms with van der Waals surface area (Å²) in [6.45, 7) is 4.89. The van der Waals surface area contributed by atoms with Crippen LogP contribution in [-0.4, -0.2) is 47.4 Å². The largest absolute Gasteiger partial charge is 1.00 e. The molecule has 7 heteroatoms. The minimum Gasteiger partial charge on any atom is -1.00 e. The standard InChI is InChI=1S/C22H32NO5.BrH/c1-3-27-21(25)16(2)23(14-8-9-15-23)28-22(26)20(24)19-13-7-6-12-18(19)17-10-4-5-11-17;/h6-7,12-13,16-17,20,24H,3-5,8-11,14-15H2,1-2H3;1H/q+1;/p-1/t16?,20-;/m1./s1. The molecule has 1 aliphatic heterocycles. The number of aliphatic hydroxyl groups is 1. The number of esters is 1. The lowest BCUT2D eigenvalue weighted by Gasteiger charge is -2.34. The van der Waals surface area contributed by atoms with E-state index in [0.717, 1.165) is 31.2 Å². The molecule has 3 rings (SSSR count). The van der Waals surface area contributed by atoms with Crippen molar-refractivity contribution in [2.45, 2.75) is 70.4 Å². The molecule has 2 aliphatic rings. The Hall–Kier alpha value is -1.44. The van der Waals surface area contributed by atoms with Crippen molar-refractivity contribution >= 4 is 11.9 Å². The number of aliphatic hydroxyl groups excluding tert-OH is 1. The van der Waals surface area contributed by atoms with Crippen molar-refractivity contribution in [3.63, 3.8) is 0 Å². The molecule has 1 aromatic carbocycles. The second-order valence-corrected chi connectivity index (χ2v) is 7.96. The first-order valence-electron chi connectivity index (χ1n) is 10.5. The number of quaternary nitrogens is 1. The first-order valence-corrected chi connectivity index (χ1v) is 10.5. The van der Waals surface area contributed by atoms with Gasteiger partial charge >= 0.3 is 11.9 Å². The summed E-state index contributed by atoms with van der Waals surface area (Å²) in [4.78, 5) is 31.0. The molecule has 0 bridgehead atoms. The van der Waals surface area contributed by atoms with Crippen LogP contribution in [0.3, 0.4) is 0 Å². The van der Waals surface area contributed by atoms with Gasteiger partial charge in [-0.25, -0.2) is 9.59 Å². The Balaban J connectivity index is 0.00000300. The lowest BCUT2D eigenvalue weighted by molar-refractivity contribution is -1.09. The summed E-state index contributed by atoms with van der Waals surface area (Å²) in [5, 5.41) is 10.8. The maximum absolute atomic E-state index is 12.9. The Morgan fingerprint density at radius 1 is 1.10 bits per heavy atom. The third-order valence-electron chi connectivity index (χ3n) is 6.24. The number of hydrogen-bond acceptors (Lipinski definition) is 5. The fourth-order valence-electron chi connectivity index (χ4n) is 4.61. The molecule has 0 radical (unpaired) electrons. The van der Waals surface area contributed by atoms with Gasteiger partial charge in [0.2, 0.25) is 6.04 Å². The van der Waals surface area contributed by atoms with Crippen LogP contribution >= 0.6 is 0 Å². The Bertz CT molecular complexity index is 698. The SMILES string of the molecule is CCOC(=O)C(C)[N+]1(OC(=O)[C@H](O)c2ccccc2C2CCCC2)CCCC1.[Br-]. The lowest BCUT2D eigenvalue weighted by atomic mass is 9.90. The van der Waals surface area contributed by atoms with Crippen LogP contribution in [0.2, 0.25) is 0 Å². The van der Waals surface area contributed by atoms with Crippen molar-refractivity contribution in [1.29, 1.82) is 0 Å². The van der Waals surface area contributed by atoms with Gasteiger partial charge in [0.15, 0.2) is 6.10 Å². The van der Waals surface area contributed by atoms with Gasteiger partial charge in [-0.15, -0.1) is 4.65 Å². The van der Waals surface area contributed by atoms with E-state index >= 15 is 0 Å². The molecule has 1 N–H and O–H groups in total. The highest BCUT2D eigenvalue weighted by atomic mass is 79.9. The molecular formula is C22H32BrNO5. The molecule has 29 heavy (non-hydrogen) atoms. The monoisotopic (exact) mass is 469 g/mol. The number of likely N-dealkylation sites (tertiary alicyclic amines) is 1. The summed E-state index contributed by atoms with van der Waals surface area (Å²) in [6.07, 6.45) is 4.91. The van der Waals surface area contributed by atoms with Gasteiger partial charge < -0.3 is 26.8 Å². The summed E-state index contributed by atoms with van der Waals surface area (Å²) >= 11 is 0. The van der Waals surface area contributed by atoms with Crippen LogP contribution in [0.1, 0.15) is 75.5 Å². The topological polar surface area (TPSA) is 72.8 Å². The maximum atomic E-state index is 12.9. The van der Waals surface area contributed by atoms with Crippen molar-refractivity contribution < 1.29 is 45.9 Å². The zero-order chi connectivity index (χ0) is 20.1. The highest BCUT2D eigenvalue weighted by Crippen LogP contribution is 2.38. The number of nitrogens with zero attached hydrogens (tertiary/aromatic N) is 1. The summed E-state index contributed by atoms with van der Waals surface area (Å²) in [5.74, 6) is -0.687. The van der Waals surface area contributed by atoms with Gasteiger partial charge in [-0.1, -0.05) is 37.1 Å². The van der Waals surface area contributed by atoms with Gasteiger partial charge in [0.25, 0.3) is 0 Å². The van der Waals surface area contributed by atoms with Crippen LogP contribution < -0.4 is 17.0 Å². The summed E-state index contributed by atoms with van der Waals surface area (Å²) < 4.78 is 5.05.